The zero-order chi connectivity index (χ0) is 17.5. The first-order chi connectivity index (χ1) is 11.6. The van der Waals surface area contributed by atoms with Gasteiger partial charge in [-0.1, -0.05) is 0 Å². The molecule has 1 heterocycles. The minimum atomic E-state index is -0.490. The fourth-order valence-electron chi connectivity index (χ4n) is 1.84. The molecule has 0 radical (unpaired) electrons. The Bertz CT molecular complexity index is 732. The SMILES string of the molecule is CCNC(=O)c1csc(NC(=O)Nc2ccc(OC)cc2OC)n1. The molecule has 2 aromatic rings. The highest BCUT2D eigenvalue weighted by molar-refractivity contribution is 7.14. The van der Waals surface area contributed by atoms with Crippen molar-refractivity contribution in [1.29, 1.82) is 0 Å². The molecule has 128 valence electrons. The van der Waals surface area contributed by atoms with E-state index in [4.69, 9.17) is 9.47 Å². The average molecular weight is 350 g/mol. The Balaban J connectivity index is 2.02. The van der Waals surface area contributed by atoms with E-state index < -0.39 is 6.03 Å². The van der Waals surface area contributed by atoms with Crippen molar-refractivity contribution in [2.24, 2.45) is 0 Å². The maximum atomic E-state index is 12.1. The second kappa shape index (κ2) is 8.16. The van der Waals surface area contributed by atoms with Crippen molar-refractivity contribution in [3.8, 4) is 11.5 Å². The average Bonchev–Trinajstić information content (AvgIpc) is 3.03. The molecule has 0 aliphatic carbocycles. The van der Waals surface area contributed by atoms with Crippen molar-refractivity contribution < 1.29 is 19.1 Å². The summed E-state index contributed by atoms with van der Waals surface area (Å²) in [5, 5.41) is 9.78. The van der Waals surface area contributed by atoms with Crippen molar-refractivity contribution in [3.63, 3.8) is 0 Å². The van der Waals surface area contributed by atoms with Gasteiger partial charge in [-0.3, -0.25) is 10.1 Å². The van der Waals surface area contributed by atoms with Gasteiger partial charge in [-0.15, -0.1) is 11.3 Å². The molecule has 0 atom stereocenters. The smallest absolute Gasteiger partial charge is 0.325 e. The maximum Gasteiger partial charge on any atom is 0.325 e. The number of anilines is 2. The van der Waals surface area contributed by atoms with Crippen LogP contribution in [0.2, 0.25) is 0 Å². The normalized spacial score (nSPS) is 9.96. The Labute approximate surface area is 143 Å². The number of nitrogens with one attached hydrogen (secondary N) is 3. The molecule has 0 aliphatic rings. The summed E-state index contributed by atoms with van der Waals surface area (Å²) in [6.07, 6.45) is 0. The quantitative estimate of drug-likeness (QED) is 0.743. The fraction of sp³-hybridized carbons (Fsp3) is 0.267. The Kier molecular flexibility index (Phi) is 5.96. The van der Waals surface area contributed by atoms with Gasteiger partial charge < -0.3 is 20.1 Å². The number of carbonyl (C=O) groups is 2. The monoisotopic (exact) mass is 350 g/mol. The van der Waals surface area contributed by atoms with E-state index in [-0.39, 0.29) is 11.6 Å². The van der Waals surface area contributed by atoms with Crippen LogP contribution in [0, 0.1) is 0 Å². The van der Waals surface area contributed by atoms with Crippen LogP contribution in [-0.2, 0) is 0 Å². The molecule has 0 unspecified atom stereocenters. The van der Waals surface area contributed by atoms with Gasteiger partial charge in [0.25, 0.3) is 5.91 Å². The number of hydrogen-bond acceptors (Lipinski definition) is 6. The molecular weight excluding hydrogens is 332 g/mol. The van der Waals surface area contributed by atoms with Gasteiger partial charge in [0, 0.05) is 18.0 Å². The van der Waals surface area contributed by atoms with Crippen LogP contribution in [0.15, 0.2) is 23.6 Å². The lowest BCUT2D eigenvalue weighted by Gasteiger charge is -2.11. The van der Waals surface area contributed by atoms with Gasteiger partial charge in [0.15, 0.2) is 5.13 Å². The zero-order valence-electron chi connectivity index (χ0n) is 13.5. The van der Waals surface area contributed by atoms with E-state index in [2.05, 4.69) is 20.9 Å². The minimum Gasteiger partial charge on any atom is -0.497 e. The Morgan fingerprint density at radius 2 is 2.00 bits per heavy atom. The van der Waals surface area contributed by atoms with Crippen molar-refractivity contribution in [2.75, 3.05) is 31.4 Å². The summed E-state index contributed by atoms with van der Waals surface area (Å²) >= 11 is 1.16. The lowest BCUT2D eigenvalue weighted by Crippen LogP contribution is -2.23. The van der Waals surface area contributed by atoms with Crippen LogP contribution >= 0.6 is 11.3 Å². The van der Waals surface area contributed by atoms with Gasteiger partial charge in [-0.25, -0.2) is 9.78 Å². The first kappa shape index (κ1) is 17.5. The summed E-state index contributed by atoms with van der Waals surface area (Å²) in [6.45, 7) is 2.33. The van der Waals surface area contributed by atoms with Crippen LogP contribution in [0.5, 0.6) is 11.5 Å². The minimum absolute atomic E-state index is 0.263. The van der Waals surface area contributed by atoms with E-state index in [0.29, 0.717) is 28.9 Å². The summed E-state index contributed by atoms with van der Waals surface area (Å²) in [6, 6.07) is 4.54. The van der Waals surface area contributed by atoms with E-state index in [0.717, 1.165) is 11.3 Å². The number of amides is 3. The van der Waals surface area contributed by atoms with Crippen molar-refractivity contribution >= 4 is 34.1 Å². The molecule has 3 N–H and O–H groups in total. The second-order valence-electron chi connectivity index (χ2n) is 4.54. The number of ether oxygens (including phenoxy) is 2. The summed E-state index contributed by atoms with van der Waals surface area (Å²) in [5.41, 5.74) is 0.746. The summed E-state index contributed by atoms with van der Waals surface area (Å²) in [4.78, 5) is 27.8. The molecule has 1 aromatic heterocycles. The van der Waals surface area contributed by atoms with Crippen LogP contribution < -0.4 is 25.4 Å². The molecule has 3 amide bonds. The summed E-state index contributed by atoms with van der Waals surface area (Å²) in [7, 11) is 3.04. The number of urea groups is 1. The topological polar surface area (TPSA) is 102 Å². The number of thiazole rings is 1. The van der Waals surface area contributed by atoms with Crippen molar-refractivity contribution in [3.05, 3.63) is 29.3 Å². The molecule has 0 saturated carbocycles. The highest BCUT2D eigenvalue weighted by Gasteiger charge is 2.13. The van der Waals surface area contributed by atoms with Crippen molar-refractivity contribution in [1.82, 2.24) is 10.3 Å². The molecule has 24 heavy (non-hydrogen) atoms. The van der Waals surface area contributed by atoms with E-state index in [1.54, 1.807) is 30.7 Å². The number of rotatable bonds is 6. The molecule has 2 rings (SSSR count). The van der Waals surface area contributed by atoms with Gasteiger partial charge in [-0.2, -0.15) is 0 Å². The molecule has 0 fully saturated rings. The second-order valence-corrected chi connectivity index (χ2v) is 5.40. The molecule has 9 heteroatoms. The van der Waals surface area contributed by atoms with Gasteiger partial charge in [0.2, 0.25) is 0 Å². The van der Waals surface area contributed by atoms with Gasteiger partial charge in [-0.05, 0) is 19.1 Å². The summed E-state index contributed by atoms with van der Waals surface area (Å²) in [5.74, 6) is 0.801. The Morgan fingerprint density at radius 3 is 2.67 bits per heavy atom. The fourth-order valence-corrected chi connectivity index (χ4v) is 2.52. The van der Waals surface area contributed by atoms with Crippen LogP contribution in [-0.4, -0.2) is 37.7 Å². The highest BCUT2D eigenvalue weighted by Crippen LogP contribution is 2.29. The number of methoxy groups -OCH3 is 2. The number of carbonyl (C=O) groups excluding carboxylic acids is 2. The van der Waals surface area contributed by atoms with Gasteiger partial charge in [0.1, 0.15) is 17.2 Å². The van der Waals surface area contributed by atoms with Crippen LogP contribution in [0.1, 0.15) is 17.4 Å². The third-order valence-corrected chi connectivity index (χ3v) is 3.71. The molecule has 0 spiro atoms. The van der Waals surface area contributed by atoms with E-state index in [1.807, 2.05) is 6.92 Å². The van der Waals surface area contributed by atoms with Crippen molar-refractivity contribution in [2.45, 2.75) is 6.92 Å². The van der Waals surface area contributed by atoms with Crippen LogP contribution in [0.3, 0.4) is 0 Å². The van der Waals surface area contributed by atoms with Gasteiger partial charge >= 0.3 is 6.03 Å². The molecule has 0 saturated heterocycles. The third-order valence-electron chi connectivity index (χ3n) is 2.95. The maximum absolute atomic E-state index is 12.1. The van der Waals surface area contributed by atoms with E-state index in [9.17, 15) is 9.59 Å². The molecule has 0 bridgehead atoms. The number of aromatic nitrogens is 1. The standard InChI is InChI=1S/C15H18N4O4S/c1-4-16-13(20)11-8-24-15(18-11)19-14(21)17-10-6-5-9(22-2)7-12(10)23-3/h5-8H,4H2,1-3H3,(H,16,20)(H2,17,18,19,21). The summed E-state index contributed by atoms with van der Waals surface area (Å²) < 4.78 is 10.3. The zero-order valence-corrected chi connectivity index (χ0v) is 14.3. The molecular formula is C15H18N4O4S. The number of benzene rings is 1. The lowest BCUT2D eigenvalue weighted by atomic mass is 10.2. The predicted molar refractivity (Wildman–Crippen MR) is 92.3 cm³/mol. The predicted octanol–water partition coefficient (Wildman–Crippen LogP) is 2.55. The van der Waals surface area contributed by atoms with Crippen LogP contribution in [0.4, 0.5) is 15.6 Å². The molecule has 1 aromatic carbocycles. The first-order valence-electron chi connectivity index (χ1n) is 7.11. The van der Waals surface area contributed by atoms with E-state index in [1.165, 1.54) is 7.11 Å². The number of nitrogens with zero attached hydrogens (tertiary/aromatic N) is 1. The Morgan fingerprint density at radius 1 is 1.21 bits per heavy atom. The molecule has 8 nitrogen and oxygen atoms in total. The van der Waals surface area contributed by atoms with Gasteiger partial charge in [0.05, 0.1) is 19.9 Å². The largest absolute Gasteiger partial charge is 0.497 e. The Hall–Kier alpha value is -2.81. The third kappa shape index (κ3) is 4.35. The molecule has 0 aliphatic heterocycles. The van der Waals surface area contributed by atoms with Crippen LogP contribution in [0.25, 0.3) is 0 Å². The number of hydrogen-bond donors (Lipinski definition) is 3. The first-order valence-corrected chi connectivity index (χ1v) is 7.99. The van der Waals surface area contributed by atoms with E-state index >= 15 is 0 Å². The highest BCUT2D eigenvalue weighted by atomic mass is 32.1. The lowest BCUT2D eigenvalue weighted by molar-refractivity contribution is 0.0951.